The van der Waals surface area contributed by atoms with Crippen molar-refractivity contribution in [2.24, 2.45) is 5.41 Å². The number of hydrogen-bond acceptors (Lipinski definition) is 3. The van der Waals surface area contributed by atoms with Gasteiger partial charge in [-0.1, -0.05) is 20.8 Å². The van der Waals surface area contributed by atoms with Gasteiger partial charge in [0, 0.05) is 0 Å². The van der Waals surface area contributed by atoms with E-state index >= 15 is 0 Å². The van der Waals surface area contributed by atoms with E-state index in [1.54, 1.807) is 13.8 Å². The second-order valence-corrected chi connectivity index (χ2v) is 6.02. The number of carbonyl (C=O) groups is 1. The van der Waals surface area contributed by atoms with Crippen LogP contribution in [0.3, 0.4) is 0 Å². The lowest BCUT2D eigenvalue weighted by molar-refractivity contribution is -0.0437. The molecule has 3 nitrogen and oxygen atoms in total. The second kappa shape index (κ2) is 4.86. The van der Waals surface area contributed by atoms with Crippen molar-refractivity contribution in [3.63, 3.8) is 0 Å². The summed E-state index contributed by atoms with van der Waals surface area (Å²) in [7, 11) is 0. The average Bonchev–Trinajstić information content (AvgIpc) is 1.73. The lowest BCUT2D eigenvalue weighted by atomic mass is 9.84. The van der Waals surface area contributed by atoms with Crippen LogP contribution >= 0.6 is 0 Å². The van der Waals surface area contributed by atoms with Crippen LogP contribution in [0, 0.1) is 5.41 Å². The molecule has 0 saturated heterocycles. The van der Waals surface area contributed by atoms with Crippen LogP contribution in [0.1, 0.15) is 54.9 Å². The maximum Gasteiger partial charge on any atom is 0.509 e. The summed E-state index contributed by atoms with van der Waals surface area (Å²) >= 11 is 0. The largest absolute Gasteiger partial charge is 0.509 e. The first-order valence-corrected chi connectivity index (χ1v) is 5.41. The zero-order valence-corrected chi connectivity index (χ0v) is 11.0. The number of rotatable bonds is 3. The summed E-state index contributed by atoms with van der Waals surface area (Å²) in [6.45, 7) is 13.8. The highest BCUT2D eigenvalue weighted by Crippen LogP contribution is 2.29. The molecule has 0 radical (unpaired) electrons. The third-order valence-corrected chi connectivity index (χ3v) is 1.65. The van der Waals surface area contributed by atoms with Crippen LogP contribution in [0.25, 0.3) is 0 Å². The fraction of sp³-hybridized carbons (Fsp3) is 0.917. The van der Waals surface area contributed by atoms with Crippen molar-refractivity contribution < 1.29 is 14.3 Å². The topological polar surface area (TPSA) is 35.5 Å². The summed E-state index contributed by atoms with van der Waals surface area (Å²) in [5, 5.41) is 0. The summed E-state index contributed by atoms with van der Waals surface area (Å²) in [6, 6.07) is 0. The Morgan fingerprint density at radius 1 is 1.13 bits per heavy atom. The van der Waals surface area contributed by atoms with Crippen molar-refractivity contribution in [1.82, 2.24) is 0 Å². The molecule has 0 aliphatic rings. The van der Waals surface area contributed by atoms with Gasteiger partial charge in [-0.15, -0.1) is 0 Å². The first kappa shape index (κ1) is 14.3. The summed E-state index contributed by atoms with van der Waals surface area (Å²) in [6.07, 6.45) is 0.0786. The van der Waals surface area contributed by atoms with Gasteiger partial charge in [-0.25, -0.2) is 4.79 Å². The zero-order chi connectivity index (χ0) is 12.3. The molecule has 0 aromatic heterocycles. The summed E-state index contributed by atoms with van der Waals surface area (Å²) < 4.78 is 10.2. The molecular formula is C12H24O3. The minimum atomic E-state index is -0.584. The molecule has 0 fully saturated rings. The summed E-state index contributed by atoms with van der Waals surface area (Å²) in [5.41, 5.74) is -0.355. The Morgan fingerprint density at radius 3 is 1.93 bits per heavy atom. The normalized spacial score (nSPS) is 12.8. The fourth-order valence-electron chi connectivity index (χ4n) is 1.76. The van der Waals surface area contributed by atoms with E-state index in [9.17, 15) is 4.79 Å². The second-order valence-electron chi connectivity index (χ2n) is 6.02. The SMILES string of the molecule is CC(C)OC(=O)OC(C)(C)CC(C)(C)C. The molecule has 0 heterocycles. The van der Waals surface area contributed by atoms with Gasteiger partial charge in [0.25, 0.3) is 0 Å². The molecule has 0 rings (SSSR count). The molecule has 0 spiro atoms. The van der Waals surface area contributed by atoms with Gasteiger partial charge in [-0.05, 0) is 39.5 Å². The third-order valence-electron chi connectivity index (χ3n) is 1.65. The monoisotopic (exact) mass is 216 g/mol. The highest BCUT2D eigenvalue weighted by Gasteiger charge is 2.29. The predicted octanol–water partition coefficient (Wildman–Crippen LogP) is 3.76. The van der Waals surface area contributed by atoms with Crippen LogP contribution in [0.5, 0.6) is 0 Å². The molecule has 0 unspecified atom stereocenters. The maximum absolute atomic E-state index is 11.3. The molecule has 0 atom stereocenters. The van der Waals surface area contributed by atoms with Crippen molar-refractivity contribution in [3.8, 4) is 0 Å². The third kappa shape index (κ3) is 8.28. The van der Waals surface area contributed by atoms with Crippen LogP contribution < -0.4 is 0 Å². The Balaban J connectivity index is 4.19. The predicted molar refractivity (Wildman–Crippen MR) is 60.9 cm³/mol. The fourth-order valence-corrected chi connectivity index (χ4v) is 1.76. The summed E-state index contributed by atoms with van der Waals surface area (Å²) in [5.74, 6) is 0. The van der Waals surface area contributed by atoms with Crippen LogP contribution in [0.2, 0.25) is 0 Å². The van der Waals surface area contributed by atoms with E-state index in [4.69, 9.17) is 9.47 Å². The Kier molecular flexibility index (Phi) is 4.63. The molecule has 0 aliphatic heterocycles. The Labute approximate surface area is 93.1 Å². The lowest BCUT2D eigenvalue weighted by Crippen LogP contribution is -2.33. The van der Waals surface area contributed by atoms with Gasteiger partial charge in [-0.3, -0.25) is 0 Å². The van der Waals surface area contributed by atoms with Gasteiger partial charge in [0.05, 0.1) is 6.10 Å². The van der Waals surface area contributed by atoms with Gasteiger partial charge < -0.3 is 9.47 Å². The first-order valence-electron chi connectivity index (χ1n) is 5.41. The molecule has 0 aromatic rings. The first-order chi connectivity index (χ1) is 6.52. The number of carbonyl (C=O) groups excluding carboxylic acids is 1. The van der Waals surface area contributed by atoms with E-state index in [0.717, 1.165) is 6.42 Å². The molecule has 15 heavy (non-hydrogen) atoms. The molecular weight excluding hydrogens is 192 g/mol. The average molecular weight is 216 g/mol. The summed E-state index contributed by atoms with van der Waals surface area (Å²) in [4.78, 5) is 11.3. The van der Waals surface area contributed by atoms with Gasteiger partial charge in [0.1, 0.15) is 5.60 Å². The van der Waals surface area contributed by atoms with Crippen LogP contribution in [-0.2, 0) is 9.47 Å². The van der Waals surface area contributed by atoms with Crippen LogP contribution in [-0.4, -0.2) is 17.9 Å². The minimum absolute atomic E-state index is 0.127. The Hall–Kier alpha value is -0.730. The Morgan fingerprint density at radius 2 is 1.60 bits per heavy atom. The van der Waals surface area contributed by atoms with E-state index in [0.29, 0.717) is 0 Å². The van der Waals surface area contributed by atoms with E-state index in [1.165, 1.54) is 0 Å². The zero-order valence-electron chi connectivity index (χ0n) is 11.0. The highest BCUT2D eigenvalue weighted by molar-refractivity contribution is 5.60. The van der Waals surface area contributed by atoms with Gasteiger partial charge >= 0.3 is 6.16 Å². The maximum atomic E-state index is 11.3. The van der Waals surface area contributed by atoms with Crippen LogP contribution in [0.15, 0.2) is 0 Å². The number of ether oxygens (including phenoxy) is 2. The van der Waals surface area contributed by atoms with E-state index < -0.39 is 11.8 Å². The standard InChI is InChI=1S/C12H24O3/c1-9(2)14-10(13)15-12(6,7)8-11(3,4)5/h9H,8H2,1-7H3. The molecule has 3 heteroatoms. The highest BCUT2D eigenvalue weighted by atomic mass is 16.7. The molecule has 0 saturated carbocycles. The van der Waals surface area contributed by atoms with Crippen molar-refractivity contribution in [2.75, 3.05) is 0 Å². The van der Waals surface area contributed by atoms with E-state index in [-0.39, 0.29) is 11.5 Å². The van der Waals surface area contributed by atoms with E-state index in [2.05, 4.69) is 20.8 Å². The minimum Gasteiger partial charge on any atom is -0.432 e. The molecule has 90 valence electrons. The van der Waals surface area contributed by atoms with Crippen molar-refractivity contribution >= 4 is 6.16 Å². The van der Waals surface area contributed by atoms with Gasteiger partial charge in [0.15, 0.2) is 0 Å². The molecule has 0 N–H and O–H groups in total. The van der Waals surface area contributed by atoms with Crippen molar-refractivity contribution in [1.29, 1.82) is 0 Å². The number of hydrogen-bond donors (Lipinski definition) is 0. The smallest absolute Gasteiger partial charge is 0.432 e. The molecule has 0 amide bonds. The van der Waals surface area contributed by atoms with E-state index in [1.807, 2.05) is 13.8 Å². The van der Waals surface area contributed by atoms with Crippen molar-refractivity contribution in [2.45, 2.75) is 66.6 Å². The lowest BCUT2D eigenvalue weighted by Gasteiger charge is -2.31. The van der Waals surface area contributed by atoms with Gasteiger partial charge in [-0.2, -0.15) is 0 Å². The molecule has 0 bridgehead atoms. The molecule has 0 aromatic carbocycles. The quantitative estimate of drug-likeness (QED) is 0.674. The van der Waals surface area contributed by atoms with Crippen LogP contribution in [0.4, 0.5) is 4.79 Å². The van der Waals surface area contributed by atoms with Crippen molar-refractivity contribution in [3.05, 3.63) is 0 Å². The van der Waals surface area contributed by atoms with Gasteiger partial charge in [0.2, 0.25) is 0 Å². The molecule has 0 aliphatic carbocycles. The Bertz CT molecular complexity index is 211.